The highest BCUT2D eigenvalue weighted by Gasteiger charge is 2.17. The van der Waals surface area contributed by atoms with Gasteiger partial charge in [-0.2, -0.15) is 0 Å². The molecule has 0 heterocycles. The molecule has 0 aliphatic carbocycles. The molecule has 1 amide bonds. The van der Waals surface area contributed by atoms with Gasteiger partial charge in [0.1, 0.15) is 11.4 Å². The van der Waals surface area contributed by atoms with Crippen molar-refractivity contribution in [3.8, 4) is 5.75 Å². The summed E-state index contributed by atoms with van der Waals surface area (Å²) in [4.78, 5) is 22.3. The minimum atomic E-state index is -0.937. The van der Waals surface area contributed by atoms with Crippen LogP contribution in [0.2, 0.25) is 0 Å². The number of hydrogen-bond acceptors (Lipinski definition) is 6. The van der Waals surface area contributed by atoms with E-state index in [0.29, 0.717) is 11.3 Å². The highest BCUT2D eigenvalue weighted by Crippen LogP contribution is 2.22. The van der Waals surface area contributed by atoms with Crippen molar-refractivity contribution in [2.45, 2.75) is 6.10 Å². The van der Waals surface area contributed by atoms with Crippen LogP contribution in [-0.2, 0) is 0 Å². The Bertz CT molecular complexity index is 763. The zero-order chi connectivity index (χ0) is 17.7. The molecule has 24 heavy (non-hydrogen) atoms. The zero-order valence-electron chi connectivity index (χ0n) is 12.9. The number of nitro groups is 1. The van der Waals surface area contributed by atoms with Gasteiger partial charge in [-0.15, -0.1) is 0 Å². The average molecular weight is 331 g/mol. The fourth-order valence-electron chi connectivity index (χ4n) is 2.10. The Hall–Kier alpha value is -3.13. The Kier molecular flexibility index (Phi) is 5.33. The third-order valence-corrected chi connectivity index (χ3v) is 3.42. The van der Waals surface area contributed by atoms with E-state index >= 15 is 0 Å². The standard InChI is InChI=1S/C16H17N3O5/c1-24-12-4-2-3-10(7-12)15(20)9-18-16(21)11-5-6-13(17)14(8-11)19(22)23/h2-8,15,20H,9,17H2,1H3,(H,18,21)/t15-/m0/s1. The van der Waals surface area contributed by atoms with Crippen molar-refractivity contribution in [2.24, 2.45) is 0 Å². The van der Waals surface area contributed by atoms with E-state index in [4.69, 9.17) is 10.5 Å². The lowest BCUT2D eigenvalue weighted by Gasteiger charge is -2.13. The Morgan fingerprint density at radius 2 is 2.12 bits per heavy atom. The number of benzene rings is 2. The summed E-state index contributed by atoms with van der Waals surface area (Å²) in [6.45, 7) is -0.0514. The van der Waals surface area contributed by atoms with E-state index in [-0.39, 0.29) is 23.5 Å². The summed E-state index contributed by atoms with van der Waals surface area (Å²) in [6, 6.07) is 10.6. The Morgan fingerprint density at radius 1 is 1.38 bits per heavy atom. The van der Waals surface area contributed by atoms with Gasteiger partial charge in [0.05, 0.1) is 18.1 Å². The monoisotopic (exact) mass is 331 g/mol. The number of hydrogen-bond donors (Lipinski definition) is 3. The molecule has 8 nitrogen and oxygen atoms in total. The quantitative estimate of drug-likeness (QED) is 0.419. The van der Waals surface area contributed by atoms with E-state index in [1.165, 1.54) is 19.2 Å². The maximum Gasteiger partial charge on any atom is 0.292 e. The predicted molar refractivity (Wildman–Crippen MR) is 87.8 cm³/mol. The molecule has 126 valence electrons. The molecule has 2 aromatic rings. The number of amides is 1. The molecule has 0 unspecified atom stereocenters. The molecule has 2 rings (SSSR count). The van der Waals surface area contributed by atoms with Crippen LogP contribution >= 0.6 is 0 Å². The summed E-state index contributed by atoms with van der Waals surface area (Å²) in [5, 5.41) is 23.5. The van der Waals surface area contributed by atoms with Gasteiger partial charge in [-0.05, 0) is 29.8 Å². The van der Waals surface area contributed by atoms with Crippen LogP contribution in [0.25, 0.3) is 0 Å². The first-order chi connectivity index (χ1) is 11.4. The van der Waals surface area contributed by atoms with E-state index in [9.17, 15) is 20.0 Å². The summed E-state index contributed by atoms with van der Waals surface area (Å²) < 4.78 is 5.07. The second-order valence-electron chi connectivity index (χ2n) is 5.03. The van der Waals surface area contributed by atoms with Crippen LogP contribution in [0.1, 0.15) is 22.0 Å². The van der Waals surface area contributed by atoms with Crippen LogP contribution in [0.15, 0.2) is 42.5 Å². The van der Waals surface area contributed by atoms with Crippen molar-refractivity contribution in [3.63, 3.8) is 0 Å². The smallest absolute Gasteiger partial charge is 0.292 e. The van der Waals surface area contributed by atoms with Gasteiger partial charge in [0, 0.05) is 18.2 Å². The average Bonchev–Trinajstić information content (AvgIpc) is 2.59. The molecular formula is C16H17N3O5. The molecule has 0 saturated heterocycles. The number of carbonyl (C=O) groups is 1. The third-order valence-electron chi connectivity index (χ3n) is 3.42. The molecule has 0 bridgehead atoms. The van der Waals surface area contributed by atoms with Gasteiger partial charge in [-0.3, -0.25) is 14.9 Å². The number of anilines is 1. The molecule has 0 fully saturated rings. The molecule has 0 saturated carbocycles. The second-order valence-corrected chi connectivity index (χ2v) is 5.03. The lowest BCUT2D eigenvalue weighted by Crippen LogP contribution is -2.28. The zero-order valence-corrected chi connectivity index (χ0v) is 12.9. The molecular weight excluding hydrogens is 314 g/mol. The maximum atomic E-state index is 12.1. The Balaban J connectivity index is 2.04. The summed E-state index contributed by atoms with van der Waals surface area (Å²) in [5.41, 5.74) is 5.81. The fourth-order valence-corrected chi connectivity index (χ4v) is 2.10. The Labute approximate surface area is 138 Å². The fraction of sp³-hybridized carbons (Fsp3) is 0.188. The number of nitrogen functional groups attached to an aromatic ring is 1. The van der Waals surface area contributed by atoms with Crippen molar-refractivity contribution in [1.29, 1.82) is 0 Å². The van der Waals surface area contributed by atoms with Crippen LogP contribution in [0, 0.1) is 10.1 Å². The van der Waals surface area contributed by atoms with Gasteiger partial charge in [-0.1, -0.05) is 12.1 Å². The van der Waals surface area contributed by atoms with Crippen LogP contribution < -0.4 is 15.8 Å². The highest BCUT2D eigenvalue weighted by atomic mass is 16.6. The molecule has 2 aromatic carbocycles. The number of rotatable bonds is 6. The van der Waals surface area contributed by atoms with Crippen molar-refractivity contribution in [1.82, 2.24) is 5.32 Å². The predicted octanol–water partition coefficient (Wildman–Crippen LogP) is 1.65. The van der Waals surface area contributed by atoms with Gasteiger partial charge in [0.2, 0.25) is 0 Å². The SMILES string of the molecule is COc1cccc([C@@H](O)CNC(=O)c2ccc(N)c([N+](=O)[O-])c2)c1. The summed E-state index contributed by atoms with van der Waals surface area (Å²) in [6.07, 6.45) is -0.937. The number of ether oxygens (including phenoxy) is 1. The van der Waals surface area contributed by atoms with E-state index in [1.54, 1.807) is 24.3 Å². The summed E-state index contributed by atoms with van der Waals surface area (Å²) in [5.74, 6) is 0.0482. The number of aliphatic hydroxyl groups is 1. The molecule has 0 spiro atoms. The van der Waals surface area contributed by atoms with Crippen LogP contribution in [0.3, 0.4) is 0 Å². The molecule has 8 heteroatoms. The number of aliphatic hydroxyl groups excluding tert-OH is 1. The van der Waals surface area contributed by atoms with Gasteiger partial charge in [0.15, 0.2) is 0 Å². The molecule has 0 aliphatic rings. The lowest BCUT2D eigenvalue weighted by atomic mass is 10.1. The minimum Gasteiger partial charge on any atom is -0.497 e. The summed E-state index contributed by atoms with van der Waals surface area (Å²) >= 11 is 0. The normalized spacial score (nSPS) is 11.6. The van der Waals surface area contributed by atoms with Crippen molar-refractivity contribution >= 4 is 17.3 Å². The largest absolute Gasteiger partial charge is 0.497 e. The molecule has 0 aromatic heterocycles. The number of nitro benzene ring substituents is 1. The number of carbonyl (C=O) groups excluding carboxylic acids is 1. The van der Waals surface area contributed by atoms with E-state index in [2.05, 4.69) is 5.32 Å². The number of nitrogens with two attached hydrogens (primary N) is 1. The topological polar surface area (TPSA) is 128 Å². The third kappa shape index (κ3) is 3.99. The number of nitrogens with zero attached hydrogens (tertiary/aromatic N) is 1. The van der Waals surface area contributed by atoms with Gasteiger partial charge in [-0.25, -0.2) is 0 Å². The first-order valence-electron chi connectivity index (χ1n) is 7.06. The first-order valence-corrected chi connectivity index (χ1v) is 7.06. The molecule has 0 aliphatic heterocycles. The van der Waals surface area contributed by atoms with Crippen molar-refractivity contribution in [3.05, 3.63) is 63.7 Å². The Morgan fingerprint density at radius 3 is 2.79 bits per heavy atom. The van der Waals surface area contributed by atoms with E-state index in [1.807, 2.05) is 0 Å². The number of nitrogens with one attached hydrogen (secondary N) is 1. The number of methoxy groups -OCH3 is 1. The highest BCUT2D eigenvalue weighted by molar-refractivity contribution is 5.95. The molecule has 0 radical (unpaired) electrons. The molecule has 1 atom stereocenters. The van der Waals surface area contributed by atoms with Crippen molar-refractivity contribution < 1.29 is 19.6 Å². The summed E-state index contributed by atoms with van der Waals surface area (Å²) in [7, 11) is 1.52. The van der Waals surface area contributed by atoms with Crippen LogP contribution in [0.5, 0.6) is 5.75 Å². The van der Waals surface area contributed by atoms with Crippen LogP contribution in [-0.4, -0.2) is 29.6 Å². The van der Waals surface area contributed by atoms with Gasteiger partial charge < -0.3 is 20.9 Å². The molecule has 4 N–H and O–H groups in total. The van der Waals surface area contributed by atoms with Crippen molar-refractivity contribution in [2.75, 3.05) is 19.4 Å². The lowest BCUT2D eigenvalue weighted by molar-refractivity contribution is -0.383. The maximum absolute atomic E-state index is 12.1. The van der Waals surface area contributed by atoms with Gasteiger partial charge in [0.25, 0.3) is 11.6 Å². The first kappa shape index (κ1) is 17.2. The minimum absolute atomic E-state index is 0.0204. The second kappa shape index (κ2) is 7.42. The van der Waals surface area contributed by atoms with Gasteiger partial charge >= 0.3 is 0 Å². The van der Waals surface area contributed by atoms with E-state index in [0.717, 1.165) is 6.07 Å². The van der Waals surface area contributed by atoms with Crippen LogP contribution in [0.4, 0.5) is 11.4 Å². The van der Waals surface area contributed by atoms with E-state index < -0.39 is 16.9 Å².